The number of carbonyl (C=O) groups excluding carboxylic acids is 2. The third-order valence-electron chi connectivity index (χ3n) is 3.10. The van der Waals surface area contributed by atoms with Gasteiger partial charge >= 0.3 is 0 Å². The van der Waals surface area contributed by atoms with E-state index in [1.807, 2.05) is 0 Å². The monoisotopic (exact) mass is 346 g/mol. The predicted molar refractivity (Wildman–Crippen MR) is 82.0 cm³/mol. The lowest BCUT2D eigenvalue weighted by Crippen LogP contribution is -2.30. The molecule has 122 valence electrons. The van der Waals surface area contributed by atoms with Crippen molar-refractivity contribution in [2.45, 2.75) is 30.4 Å². The number of amides is 2. The van der Waals surface area contributed by atoms with Gasteiger partial charge in [-0.2, -0.15) is 0 Å². The number of rotatable bonds is 7. The Kier molecular flexibility index (Phi) is 5.48. The van der Waals surface area contributed by atoms with E-state index in [0.29, 0.717) is 19.4 Å². The fourth-order valence-corrected chi connectivity index (χ4v) is 4.28. The van der Waals surface area contributed by atoms with Gasteiger partial charge in [-0.05, 0) is 12.8 Å². The zero-order valence-electron chi connectivity index (χ0n) is 12.2. The van der Waals surface area contributed by atoms with E-state index in [1.54, 1.807) is 4.90 Å². The standard InChI is InChI=1S/C12H18N4O4S2/c1-9(17)15-12-13-8-11(21-12)22(19,20)14-5-3-7-16-6-2-4-10(16)18/h8,14H,2-7H2,1H3,(H,13,15,17). The van der Waals surface area contributed by atoms with Gasteiger partial charge < -0.3 is 10.2 Å². The molecule has 0 bridgehead atoms. The molecule has 1 aliphatic rings. The molecule has 0 atom stereocenters. The Balaban J connectivity index is 1.81. The predicted octanol–water partition coefficient (Wildman–Crippen LogP) is 0.392. The number of sulfonamides is 1. The molecule has 2 rings (SSSR count). The second-order valence-corrected chi connectivity index (χ2v) is 7.93. The maximum atomic E-state index is 12.1. The number of aromatic nitrogens is 1. The minimum absolute atomic E-state index is 0.0495. The Morgan fingerprint density at radius 2 is 2.27 bits per heavy atom. The molecule has 8 nitrogen and oxygen atoms in total. The first kappa shape index (κ1) is 16.8. The number of likely N-dealkylation sites (tertiary alicyclic amines) is 1. The highest BCUT2D eigenvalue weighted by Crippen LogP contribution is 2.22. The molecule has 0 aliphatic carbocycles. The molecule has 1 aliphatic heterocycles. The van der Waals surface area contributed by atoms with Crippen LogP contribution < -0.4 is 10.0 Å². The summed E-state index contributed by atoms with van der Waals surface area (Å²) in [4.78, 5) is 27.9. The van der Waals surface area contributed by atoms with Gasteiger partial charge in [-0.3, -0.25) is 9.59 Å². The van der Waals surface area contributed by atoms with Gasteiger partial charge in [-0.15, -0.1) is 0 Å². The fraction of sp³-hybridized carbons (Fsp3) is 0.583. The molecule has 2 heterocycles. The van der Waals surface area contributed by atoms with Crippen molar-refractivity contribution in [3.05, 3.63) is 6.20 Å². The van der Waals surface area contributed by atoms with Crippen LogP contribution in [0.3, 0.4) is 0 Å². The van der Waals surface area contributed by atoms with Crippen molar-refractivity contribution < 1.29 is 18.0 Å². The summed E-state index contributed by atoms with van der Waals surface area (Å²) in [6.07, 6.45) is 3.22. The molecular formula is C12H18N4O4S2. The molecular weight excluding hydrogens is 328 g/mol. The number of anilines is 1. The van der Waals surface area contributed by atoms with Crippen molar-refractivity contribution in [1.29, 1.82) is 0 Å². The highest BCUT2D eigenvalue weighted by atomic mass is 32.2. The zero-order chi connectivity index (χ0) is 16.2. The number of nitrogens with zero attached hydrogens (tertiary/aromatic N) is 2. The van der Waals surface area contributed by atoms with E-state index in [0.717, 1.165) is 24.3 Å². The van der Waals surface area contributed by atoms with Crippen LogP contribution in [0.4, 0.5) is 5.13 Å². The minimum atomic E-state index is -3.63. The van der Waals surface area contributed by atoms with Crippen molar-refractivity contribution in [3.63, 3.8) is 0 Å². The van der Waals surface area contributed by atoms with Crippen molar-refractivity contribution in [2.75, 3.05) is 25.0 Å². The summed E-state index contributed by atoms with van der Waals surface area (Å²) in [5, 5.41) is 2.68. The average molecular weight is 346 g/mol. The Morgan fingerprint density at radius 3 is 2.91 bits per heavy atom. The molecule has 10 heteroatoms. The molecule has 0 unspecified atom stereocenters. The molecule has 2 amide bonds. The molecule has 0 spiro atoms. The summed E-state index contributed by atoms with van der Waals surface area (Å²) in [5.74, 6) is -0.174. The fourth-order valence-electron chi connectivity index (χ4n) is 2.08. The van der Waals surface area contributed by atoms with Gasteiger partial charge in [0.15, 0.2) is 9.34 Å². The molecule has 0 radical (unpaired) electrons. The highest BCUT2D eigenvalue weighted by molar-refractivity contribution is 7.91. The van der Waals surface area contributed by atoms with E-state index >= 15 is 0 Å². The molecule has 0 aromatic carbocycles. The number of hydrogen-bond acceptors (Lipinski definition) is 6. The van der Waals surface area contributed by atoms with E-state index in [-0.39, 0.29) is 27.7 Å². The molecule has 1 saturated heterocycles. The first-order valence-corrected chi connectivity index (χ1v) is 9.19. The van der Waals surface area contributed by atoms with Crippen molar-refractivity contribution in [1.82, 2.24) is 14.6 Å². The van der Waals surface area contributed by atoms with Gasteiger partial charge in [-0.25, -0.2) is 18.1 Å². The Hall–Kier alpha value is -1.52. The summed E-state index contributed by atoms with van der Waals surface area (Å²) < 4.78 is 26.6. The number of thiazole rings is 1. The van der Waals surface area contributed by atoms with Crippen LogP contribution in [0.1, 0.15) is 26.2 Å². The lowest BCUT2D eigenvalue weighted by atomic mass is 10.4. The molecule has 0 saturated carbocycles. The smallest absolute Gasteiger partial charge is 0.251 e. The zero-order valence-corrected chi connectivity index (χ0v) is 13.8. The Morgan fingerprint density at radius 1 is 1.50 bits per heavy atom. The van der Waals surface area contributed by atoms with Crippen LogP contribution >= 0.6 is 11.3 Å². The molecule has 2 N–H and O–H groups in total. The maximum absolute atomic E-state index is 12.1. The van der Waals surface area contributed by atoms with Gasteiger partial charge in [-0.1, -0.05) is 11.3 Å². The third kappa shape index (κ3) is 4.49. The van der Waals surface area contributed by atoms with Crippen LogP contribution in [0, 0.1) is 0 Å². The second kappa shape index (κ2) is 7.16. The normalized spacial score (nSPS) is 15.3. The first-order valence-electron chi connectivity index (χ1n) is 6.89. The SMILES string of the molecule is CC(=O)Nc1ncc(S(=O)(=O)NCCCN2CCCC2=O)s1. The molecule has 1 fully saturated rings. The number of hydrogen-bond donors (Lipinski definition) is 2. The molecule has 1 aromatic heterocycles. The van der Waals surface area contributed by atoms with E-state index in [9.17, 15) is 18.0 Å². The van der Waals surface area contributed by atoms with Gasteiger partial charge in [0.05, 0.1) is 6.20 Å². The largest absolute Gasteiger partial charge is 0.343 e. The van der Waals surface area contributed by atoms with Crippen LogP contribution in [0.15, 0.2) is 10.4 Å². The lowest BCUT2D eigenvalue weighted by Gasteiger charge is -2.15. The first-order chi connectivity index (χ1) is 10.4. The van der Waals surface area contributed by atoms with Crippen LogP contribution in [0.5, 0.6) is 0 Å². The lowest BCUT2D eigenvalue weighted by molar-refractivity contribution is -0.127. The van der Waals surface area contributed by atoms with Crippen molar-refractivity contribution >= 4 is 38.3 Å². The third-order valence-corrected chi connectivity index (χ3v) is 5.94. The summed E-state index contributed by atoms with van der Waals surface area (Å²) >= 11 is 0.894. The van der Waals surface area contributed by atoms with E-state index in [1.165, 1.54) is 13.1 Å². The summed E-state index contributed by atoms with van der Waals surface area (Å²) in [6, 6.07) is 0. The second-order valence-electron chi connectivity index (χ2n) is 4.90. The topological polar surface area (TPSA) is 108 Å². The van der Waals surface area contributed by atoms with Crippen LogP contribution in [0.2, 0.25) is 0 Å². The van der Waals surface area contributed by atoms with Gasteiger partial charge in [0.25, 0.3) is 10.0 Å². The van der Waals surface area contributed by atoms with Gasteiger partial charge in [0, 0.05) is 33.0 Å². The Bertz CT molecular complexity index is 656. The quantitative estimate of drug-likeness (QED) is 0.694. The number of nitrogens with one attached hydrogen (secondary N) is 2. The highest BCUT2D eigenvalue weighted by Gasteiger charge is 2.20. The van der Waals surface area contributed by atoms with E-state index in [4.69, 9.17) is 0 Å². The van der Waals surface area contributed by atoms with Crippen molar-refractivity contribution in [2.24, 2.45) is 0 Å². The minimum Gasteiger partial charge on any atom is -0.343 e. The summed E-state index contributed by atoms with van der Waals surface area (Å²) in [6.45, 7) is 2.88. The molecule has 22 heavy (non-hydrogen) atoms. The van der Waals surface area contributed by atoms with Crippen LogP contribution in [-0.2, 0) is 19.6 Å². The molecule has 1 aromatic rings. The van der Waals surface area contributed by atoms with E-state index < -0.39 is 10.0 Å². The van der Waals surface area contributed by atoms with Crippen LogP contribution in [-0.4, -0.2) is 49.8 Å². The Labute approximate surface area is 133 Å². The summed E-state index contributed by atoms with van der Waals surface area (Å²) in [7, 11) is -3.63. The van der Waals surface area contributed by atoms with Gasteiger partial charge in [0.2, 0.25) is 11.8 Å². The maximum Gasteiger partial charge on any atom is 0.251 e. The van der Waals surface area contributed by atoms with Crippen LogP contribution in [0.25, 0.3) is 0 Å². The van der Waals surface area contributed by atoms with Crippen molar-refractivity contribution in [3.8, 4) is 0 Å². The van der Waals surface area contributed by atoms with Gasteiger partial charge in [0.1, 0.15) is 0 Å². The average Bonchev–Trinajstić information content (AvgIpc) is 3.04. The van der Waals surface area contributed by atoms with E-state index in [2.05, 4.69) is 15.0 Å². The summed E-state index contributed by atoms with van der Waals surface area (Å²) in [5.41, 5.74) is 0. The number of carbonyl (C=O) groups is 2.